The van der Waals surface area contributed by atoms with Crippen LogP contribution in [0.1, 0.15) is 31.7 Å². The third-order valence-corrected chi connectivity index (χ3v) is 4.75. The van der Waals surface area contributed by atoms with Gasteiger partial charge in [-0.1, -0.05) is 18.2 Å². The van der Waals surface area contributed by atoms with Gasteiger partial charge in [-0.25, -0.2) is 0 Å². The molecule has 0 unspecified atom stereocenters. The molecule has 0 atom stereocenters. The van der Waals surface area contributed by atoms with Crippen molar-refractivity contribution in [1.29, 1.82) is 0 Å². The minimum Gasteiger partial charge on any atom is -0.496 e. The van der Waals surface area contributed by atoms with Crippen molar-refractivity contribution in [3.63, 3.8) is 0 Å². The van der Waals surface area contributed by atoms with Crippen LogP contribution in [0.2, 0.25) is 0 Å². The number of hydrogen-bond donors (Lipinski definition) is 2. The number of para-hydroxylation sites is 1. The van der Waals surface area contributed by atoms with Crippen LogP contribution >= 0.6 is 24.0 Å². The topological polar surface area (TPSA) is 60.3 Å². The first-order valence-corrected chi connectivity index (χ1v) is 9.65. The Balaban J connectivity index is 0.00000364. The van der Waals surface area contributed by atoms with E-state index in [2.05, 4.69) is 35.2 Å². The van der Waals surface area contributed by atoms with Crippen molar-refractivity contribution in [3.05, 3.63) is 29.8 Å². The lowest BCUT2D eigenvalue weighted by atomic mass is 10.1. The molecule has 2 rings (SSSR count). The van der Waals surface area contributed by atoms with Gasteiger partial charge in [0.25, 0.3) is 0 Å². The zero-order chi connectivity index (χ0) is 18.8. The zero-order valence-electron chi connectivity index (χ0n) is 16.9. The number of halogens is 1. The molecule has 6 nitrogen and oxygen atoms in total. The molecule has 1 aromatic rings. The van der Waals surface area contributed by atoms with E-state index in [9.17, 15) is 5.11 Å². The predicted molar refractivity (Wildman–Crippen MR) is 122 cm³/mol. The normalized spacial score (nSPS) is 15.9. The highest BCUT2D eigenvalue weighted by Gasteiger charge is 2.16. The number of benzene rings is 1. The smallest absolute Gasteiger partial charge is 0.193 e. The van der Waals surface area contributed by atoms with E-state index in [4.69, 9.17) is 9.73 Å². The van der Waals surface area contributed by atoms with Crippen molar-refractivity contribution in [2.45, 2.75) is 38.8 Å². The number of nitrogens with zero attached hydrogens (tertiary/aromatic N) is 3. The number of guanidine groups is 1. The van der Waals surface area contributed by atoms with Gasteiger partial charge in [0.05, 0.1) is 13.2 Å². The van der Waals surface area contributed by atoms with Gasteiger partial charge < -0.3 is 25.0 Å². The molecule has 7 heteroatoms. The Morgan fingerprint density at radius 1 is 1.33 bits per heavy atom. The molecule has 27 heavy (non-hydrogen) atoms. The van der Waals surface area contributed by atoms with E-state index in [-0.39, 0.29) is 30.1 Å². The molecule has 0 aromatic heterocycles. The van der Waals surface area contributed by atoms with Gasteiger partial charge in [0.1, 0.15) is 5.75 Å². The molecular formula is C20H35IN4O2. The summed E-state index contributed by atoms with van der Waals surface area (Å²) in [4.78, 5) is 9.34. The summed E-state index contributed by atoms with van der Waals surface area (Å²) in [7, 11) is 3.76. The highest BCUT2D eigenvalue weighted by molar-refractivity contribution is 14.0. The number of hydrogen-bond acceptors (Lipinski definition) is 4. The second kappa shape index (κ2) is 13.2. The van der Waals surface area contributed by atoms with E-state index in [0.717, 1.165) is 75.8 Å². The molecule has 1 heterocycles. The summed E-state index contributed by atoms with van der Waals surface area (Å²) in [6.45, 7) is 7.53. The molecule has 1 saturated heterocycles. The number of aliphatic hydroxyl groups excluding tert-OH is 1. The van der Waals surface area contributed by atoms with Crippen LogP contribution in [0.25, 0.3) is 0 Å². The molecule has 1 aromatic carbocycles. The molecule has 0 aliphatic carbocycles. The Kier molecular flexibility index (Phi) is 11.7. The number of ether oxygens (including phenoxy) is 1. The van der Waals surface area contributed by atoms with E-state index in [0.29, 0.717) is 0 Å². The Morgan fingerprint density at radius 3 is 2.70 bits per heavy atom. The summed E-state index contributed by atoms with van der Waals surface area (Å²) in [5.41, 5.74) is 1.15. The average molecular weight is 490 g/mol. The third kappa shape index (κ3) is 8.23. The van der Waals surface area contributed by atoms with Crippen LogP contribution in [0.15, 0.2) is 29.3 Å². The molecule has 0 saturated carbocycles. The quantitative estimate of drug-likeness (QED) is 0.254. The Morgan fingerprint density at radius 2 is 2.04 bits per heavy atom. The summed E-state index contributed by atoms with van der Waals surface area (Å²) in [5.74, 6) is 1.83. The van der Waals surface area contributed by atoms with Crippen molar-refractivity contribution in [1.82, 2.24) is 15.1 Å². The minimum atomic E-state index is -0.103. The van der Waals surface area contributed by atoms with Crippen LogP contribution < -0.4 is 10.1 Å². The van der Waals surface area contributed by atoms with E-state index in [1.54, 1.807) is 7.11 Å². The van der Waals surface area contributed by atoms with Gasteiger partial charge in [0.2, 0.25) is 0 Å². The van der Waals surface area contributed by atoms with Crippen molar-refractivity contribution in [2.75, 3.05) is 46.9 Å². The van der Waals surface area contributed by atoms with Gasteiger partial charge in [0, 0.05) is 45.3 Å². The first kappa shape index (κ1) is 24.0. The lowest BCUT2D eigenvalue weighted by Gasteiger charge is -2.29. The molecule has 1 fully saturated rings. The van der Waals surface area contributed by atoms with Crippen molar-refractivity contribution in [2.24, 2.45) is 4.99 Å². The van der Waals surface area contributed by atoms with E-state index >= 15 is 0 Å². The highest BCUT2D eigenvalue weighted by atomic mass is 127. The maximum absolute atomic E-state index is 9.58. The summed E-state index contributed by atoms with van der Waals surface area (Å²) in [5, 5.41) is 13.0. The summed E-state index contributed by atoms with van der Waals surface area (Å²) in [6.07, 6.45) is 2.72. The maximum atomic E-state index is 9.58. The third-order valence-electron chi connectivity index (χ3n) is 4.75. The summed E-state index contributed by atoms with van der Waals surface area (Å²) < 4.78 is 5.45. The standard InChI is InChI=1S/C20H34N4O2.HI/c1-4-21-20(22-12-7-13-24-14-10-18(25)11-15-24)23(2)16-17-8-5-6-9-19(17)26-3;/h5-6,8-9,18,25H,4,7,10-16H2,1-3H3,(H,21,22);1H. The van der Waals surface area contributed by atoms with Crippen LogP contribution in [0.3, 0.4) is 0 Å². The number of piperidine rings is 1. The van der Waals surface area contributed by atoms with Crippen LogP contribution in [0.4, 0.5) is 0 Å². The van der Waals surface area contributed by atoms with Crippen molar-refractivity contribution < 1.29 is 9.84 Å². The fourth-order valence-corrected chi connectivity index (χ4v) is 3.26. The van der Waals surface area contributed by atoms with Gasteiger partial charge in [-0.3, -0.25) is 4.99 Å². The Labute approximate surface area is 181 Å². The van der Waals surface area contributed by atoms with Gasteiger partial charge >= 0.3 is 0 Å². The average Bonchev–Trinajstić information content (AvgIpc) is 2.66. The molecule has 154 valence electrons. The Bertz CT molecular complexity index is 563. The number of nitrogens with one attached hydrogen (secondary N) is 1. The number of methoxy groups -OCH3 is 1. The molecule has 1 aliphatic heterocycles. The fourth-order valence-electron chi connectivity index (χ4n) is 3.26. The van der Waals surface area contributed by atoms with Gasteiger partial charge in [-0.2, -0.15) is 0 Å². The number of likely N-dealkylation sites (tertiary alicyclic amines) is 1. The first-order valence-electron chi connectivity index (χ1n) is 9.65. The Hall–Kier alpha value is -1.06. The van der Waals surface area contributed by atoms with Crippen molar-refractivity contribution in [3.8, 4) is 5.75 Å². The largest absolute Gasteiger partial charge is 0.496 e. The van der Waals surface area contributed by atoms with E-state index < -0.39 is 0 Å². The molecule has 0 radical (unpaired) electrons. The second-order valence-electron chi connectivity index (χ2n) is 6.83. The minimum absolute atomic E-state index is 0. The lowest BCUT2D eigenvalue weighted by Crippen LogP contribution is -2.39. The molecule has 0 amide bonds. The number of aliphatic imine (C=N–C) groups is 1. The van der Waals surface area contributed by atoms with E-state index in [1.807, 2.05) is 18.2 Å². The van der Waals surface area contributed by atoms with Gasteiger partial charge in [0.15, 0.2) is 5.96 Å². The monoisotopic (exact) mass is 490 g/mol. The fraction of sp³-hybridized carbons (Fsp3) is 0.650. The highest BCUT2D eigenvalue weighted by Crippen LogP contribution is 2.18. The zero-order valence-corrected chi connectivity index (χ0v) is 19.2. The van der Waals surface area contributed by atoms with Gasteiger partial charge in [-0.15, -0.1) is 24.0 Å². The number of aliphatic hydroxyl groups is 1. The van der Waals surface area contributed by atoms with Crippen LogP contribution in [0.5, 0.6) is 5.75 Å². The molecule has 1 aliphatic rings. The predicted octanol–water partition coefficient (Wildman–Crippen LogP) is 2.56. The van der Waals surface area contributed by atoms with Crippen LogP contribution in [-0.2, 0) is 6.54 Å². The first-order chi connectivity index (χ1) is 12.6. The maximum Gasteiger partial charge on any atom is 0.193 e. The second-order valence-corrected chi connectivity index (χ2v) is 6.83. The molecule has 0 spiro atoms. The van der Waals surface area contributed by atoms with Crippen LogP contribution in [0, 0.1) is 0 Å². The molecule has 0 bridgehead atoms. The molecular weight excluding hydrogens is 455 g/mol. The van der Waals surface area contributed by atoms with Crippen LogP contribution in [-0.4, -0.2) is 73.9 Å². The lowest BCUT2D eigenvalue weighted by molar-refractivity contribution is 0.0824. The van der Waals surface area contributed by atoms with Crippen molar-refractivity contribution >= 4 is 29.9 Å². The SMILES string of the molecule is CCNC(=NCCCN1CCC(O)CC1)N(C)Cc1ccccc1OC.I. The van der Waals surface area contributed by atoms with Gasteiger partial charge in [-0.05, 0) is 38.8 Å². The summed E-state index contributed by atoms with van der Waals surface area (Å²) in [6, 6.07) is 8.10. The molecule has 2 N–H and O–H groups in total. The van der Waals surface area contributed by atoms with E-state index in [1.165, 1.54) is 0 Å². The summed E-state index contributed by atoms with van der Waals surface area (Å²) >= 11 is 0. The number of rotatable bonds is 8.